The highest BCUT2D eigenvalue weighted by atomic mass is 32.2. The summed E-state index contributed by atoms with van der Waals surface area (Å²) in [6.07, 6.45) is -0.311. The van der Waals surface area contributed by atoms with E-state index in [9.17, 15) is 39.4 Å². The van der Waals surface area contributed by atoms with Crippen molar-refractivity contribution in [2.24, 2.45) is 5.92 Å². The van der Waals surface area contributed by atoms with Crippen LogP contribution in [0.1, 0.15) is 31.4 Å². The van der Waals surface area contributed by atoms with E-state index in [2.05, 4.69) is 5.32 Å². The van der Waals surface area contributed by atoms with Crippen LogP contribution < -0.4 is 5.32 Å². The fourth-order valence-corrected chi connectivity index (χ4v) is 5.49. The molecule has 3 unspecified atom stereocenters. The van der Waals surface area contributed by atoms with Crippen LogP contribution in [-0.2, 0) is 41.8 Å². The van der Waals surface area contributed by atoms with Crippen LogP contribution in [0.15, 0.2) is 70.7 Å². The first-order valence-electron chi connectivity index (χ1n) is 13.1. The Balaban J connectivity index is 1.39. The average Bonchev–Trinajstić information content (AvgIpc) is 3.31. The van der Waals surface area contributed by atoms with Gasteiger partial charge in [0.2, 0.25) is 11.8 Å². The zero-order chi connectivity index (χ0) is 32.0. The molecule has 230 valence electrons. The van der Waals surface area contributed by atoms with Gasteiger partial charge < -0.3 is 24.4 Å². The number of nitrogens with one attached hydrogen (secondary N) is 1. The number of nitro groups is 2. The normalized spacial score (nSPS) is 17.9. The van der Waals surface area contributed by atoms with Gasteiger partial charge in [0.25, 0.3) is 11.4 Å². The smallest absolute Gasteiger partial charge is 0.456 e. The van der Waals surface area contributed by atoms with Gasteiger partial charge in [-0.15, -0.1) is 0 Å². The van der Waals surface area contributed by atoms with E-state index in [1.54, 1.807) is 5.41 Å². The third-order valence-corrected chi connectivity index (χ3v) is 7.65. The zero-order valence-electron chi connectivity index (χ0n) is 23.4. The number of ether oxygens (including phenoxy) is 3. The van der Waals surface area contributed by atoms with Crippen molar-refractivity contribution in [2.45, 2.75) is 45.6 Å². The predicted octanol–water partition coefficient (Wildman–Crippen LogP) is 4.07. The van der Waals surface area contributed by atoms with Crippen LogP contribution in [0.2, 0.25) is 0 Å². The minimum absolute atomic E-state index is 0.0172. The molecule has 1 fully saturated rings. The number of hydrogen-bond acceptors (Lipinski definition) is 12. The fraction of sp³-hybridized carbons (Fsp3) is 0.286. The summed E-state index contributed by atoms with van der Waals surface area (Å²) in [5.41, 5.74) is 0.789. The predicted molar refractivity (Wildman–Crippen MR) is 153 cm³/mol. The first kappa shape index (κ1) is 31.7. The van der Waals surface area contributed by atoms with Crippen LogP contribution in [0.5, 0.6) is 0 Å². The lowest BCUT2D eigenvalue weighted by Gasteiger charge is -2.45. The van der Waals surface area contributed by atoms with E-state index in [0.717, 1.165) is 11.8 Å². The van der Waals surface area contributed by atoms with Gasteiger partial charge in [-0.05, 0) is 47.7 Å². The number of carbonyl (C=O) groups excluding carboxylic acids is 4. The molecule has 4 rings (SSSR count). The van der Waals surface area contributed by atoms with E-state index >= 15 is 0 Å². The topological polar surface area (TPSA) is 198 Å². The summed E-state index contributed by atoms with van der Waals surface area (Å²) in [4.78, 5) is 72.3. The van der Waals surface area contributed by atoms with Gasteiger partial charge in [0.1, 0.15) is 25.0 Å². The summed E-state index contributed by atoms with van der Waals surface area (Å²) >= 11 is 1.12. The second-order valence-corrected chi connectivity index (χ2v) is 10.7. The van der Waals surface area contributed by atoms with E-state index in [0.29, 0.717) is 16.0 Å². The molecule has 0 saturated carbocycles. The van der Waals surface area contributed by atoms with Gasteiger partial charge in [-0.25, -0.2) is 9.59 Å². The molecule has 2 heterocycles. The first-order chi connectivity index (χ1) is 21.0. The number of carbonyl (C=O) groups is 4. The molecule has 0 aromatic heterocycles. The molecule has 1 N–H and O–H groups in total. The van der Waals surface area contributed by atoms with Crippen LogP contribution in [0.25, 0.3) is 0 Å². The van der Waals surface area contributed by atoms with Crippen LogP contribution in [0.3, 0.4) is 0 Å². The number of esters is 1. The molecule has 0 bridgehead atoms. The first-order valence-corrected chi connectivity index (χ1v) is 14.0. The number of β-lactam (4-membered cyclic amide) rings is 1. The van der Waals surface area contributed by atoms with E-state index in [1.165, 1.54) is 73.5 Å². The molecule has 0 aliphatic carbocycles. The van der Waals surface area contributed by atoms with Crippen molar-refractivity contribution >= 4 is 47.1 Å². The maximum Gasteiger partial charge on any atom is 0.508 e. The Kier molecular flexibility index (Phi) is 9.95. The molecule has 0 spiro atoms. The van der Waals surface area contributed by atoms with E-state index in [1.807, 2.05) is 0 Å². The molecule has 3 atom stereocenters. The van der Waals surface area contributed by atoms with Gasteiger partial charge in [0.15, 0.2) is 0 Å². The molecule has 2 aliphatic heterocycles. The SMILES string of the molecule is CC(=O)N/C=C\SC1=C(C(=O)OCc2ccc([N+](=O)[O-])cc2)N2C(=O)C(C(C)OC(=O)OCc3ccc([N+](=O)[O-])cc3)C2C1. The van der Waals surface area contributed by atoms with Crippen molar-refractivity contribution in [3.05, 3.63) is 102 Å². The number of thioether (sulfide) groups is 1. The molecule has 2 aliphatic rings. The summed E-state index contributed by atoms with van der Waals surface area (Å²) in [7, 11) is 0. The second kappa shape index (κ2) is 13.8. The molecule has 1 saturated heterocycles. The molecular weight excluding hydrogens is 600 g/mol. The third kappa shape index (κ3) is 7.38. The number of fused-ring (bicyclic) bond motifs is 1. The number of amides is 2. The van der Waals surface area contributed by atoms with Crippen LogP contribution in [-0.4, -0.2) is 50.8 Å². The monoisotopic (exact) mass is 626 g/mol. The summed E-state index contributed by atoms with van der Waals surface area (Å²) in [6, 6.07) is 10.4. The maximum atomic E-state index is 13.2. The summed E-state index contributed by atoms with van der Waals surface area (Å²) < 4.78 is 15.9. The molecule has 15 nitrogen and oxygen atoms in total. The highest BCUT2D eigenvalue weighted by molar-refractivity contribution is 8.05. The summed E-state index contributed by atoms with van der Waals surface area (Å²) in [5, 5.41) is 25.7. The maximum absolute atomic E-state index is 13.2. The number of non-ortho nitro benzene ring substituents is 2. The summed E-state index contributed by atoms with van der Waals surface area (Å²) in [6.45, 7) is 2.46. The van der Waals surface area contributed by atoms with Crippen LogP contribution >= 0.6 is 11.8 Å². The Morgan fingerprint density at radius 2 is 1.55 bits per heavy atom. The second-order valence-electron chi connectivity index (χ2n) is 9.68. The summed E-state index contributed by atoms with van der Waals surface area (Å²) in [5.74, 6) is -2.33. The van der Waals surface area contributed by atoms with Crippen molar-refractivity contribution in [1.29, 1.82) is 0 Å². The Hall–Kier alpha value is -5.25. The molecule has 2 amide bonds. The lowest BCUT2D eigenvalue weighted by Crippen LogP contribution is -2.62. The minimum Gasteiger partial charge on any atom is -0.456 e. The van der Waals surface area contributed by atoms with Gasteiger partial charge in [0, 0.05) is 48.7 Å². The lowest BCUT2D eigenvalue weighted by atomic mass is 9.83. The van der Waals surface area contributed by atoms with E-state index < -0.39 is 45.9 Å². The van der Waals surface area contributed by atoms with Crippen LogP contribution in [0, 0.1) is 26.1 Å². The highest BCUT2D eigenvalue weighted by Gasteiger charge is 2.58. The molecule has 44 heavy (non-hydrogen) atoms. The van der Waals surface area contributed by atoms with E-state index in [4.69, 9.17) is 14.2 Å². The van der Waals surface area contributed by atoms with Crippen LogP contribution in [0.4, 0.5) is 16.2 Å². The lowest BCUT2D eigenvalue weighted by molar-refractivity contribution is -0.385. The Bertz CT molecular complexity index is 1540. The number of nitrogens with zero attached hydrogens (tertiary/aromatic N) is 3. The van der Waals surface area contributed by atoms with Crippen molar-refractivity contribution in [3.63, 3.8) is 0 Å². The standard InChI is InChI=1S/C28H26N4O11S/c1-16(43-28(36)42-15-19-5-9-21(10-6-19)32(39)40)24-22-13-23(44-12-11-29-17(2)33)25(30(22)26(24)34)27(35)41-14-18-3-7-20(8-4-18)31(37)38/h3-12,16,22,24H,13-15H2,1-2H3,(H,29,33)/b12-11-. The Morgan fingerprint density at radius 3 is 2.07 bits per heavy atom. The number of rotatable bonds is 12. The Morgan fingerprint density at radius 1 is 1.00 bits per heavy atom. The van der Waals surface area contributed by atoms with Gasteiger partial charge in [-0.1, -0.05) is 11.8 Å². The third-order valence-electron chi connectivity index (χ3n) is 6.74. The van der Waals surface area contributed by atoms with E-state index in [-0.39, 0.29) is 42.6 Å². The average molecular weight is 627 g/mol. The largest absolute Gasteiger partial charge is 0.508 e. The molecular formula is C28H26N4O11S. The fourth-order valence-electron chi connectivity index (χ4n) is 4.63. The molecule has 0 radical (unpaired) electrons. The Labute approximate surface area is 254 Å². The molecule has 2 aromatic rings. The number of benzene rings is 2. The minimum atomic E-state index is -1.04. The quantitative estimate of drug-likeness (QED) is 0.154. The van der Waals surface area contributed by atoms with Gasteiger partial charge >= 0.3 is 12.1 Å². The number of hydrogen-bond donors (Lipinski definition) is 1. The number of nitro benzene ring substituents is 2. The molecule has 16 heteroatoms. The van der Waals surface area contributed by atoms with Gasteiger partial charge in [-0.3, -0.25) is 29.8 Å². The van der Waals surface area contributed by atoms with Crippen molar-refractivity contribution < 1.29 is 43.2 Å². The van der Waals surface area contributed by atoms with Crippen molar-refractivity contribution in [3.8, 4) is 0 Å². The van der Waals surface area contributed by atoms with Crippen molar-refractivity contribution in [1.82, 2.24) is 10.2 Å². The molecule has 2 aromatic carbocycles. The van der Waals surface area contributed by atoms with Crippen molar-refractivity contribution in [2.75, 3.05) is 0 Å². The van der Waals surface area contributed by atoms with Gasteiger partial charge in [-0.2, -0.15) is 0 Å². The van der Waals surface area contributed by atoms with Gasteiger partial charge in [0.05, 0.1) is 21.8 Å². The highest BCUT2D eigenvalue weighted by Crippen LogP contribution is 2.48. The zero-order valence-corrected chi connectivity index (χ0v) is 24.2.